The van der Waals surface area contributed by atoms with Gasteiger partial charge in [0.25, 0.3) is 0 Å². The molecule has 2 aromatic heterocycles. The quantitative estimate of drug-likeness (QED) is 0.507. The predicted octanol–water partition coefficient (Wildman–Crippen LogP) is 1.99. The van der Waals surface area contributed by atoms with Crippen LogP contribution in [0.2, 0.25) is 0 Å². The van der Waals surface area contributed by atoms with Gasteiger partial charge in [0.15, 0.2) is 6.20 Å². The van der Waals surface area contributed by atoms with E-state index in [-0.39, 0.29) is 0 Å². The Hall–Kier alpha value is -1.64. The fraction of sp³-hybridized carbons (Fsp3) is 0.273. The fourth-order valence-electron chi connectivity index (χ4n) is 1.39. The predicted molar refractivity (Wildman–Crippen MR) is 54.8 cm³/mol. The Kier molecular flexibility index (Phi) is 2.08. The second-order valence-electron chi connectivity index (χ2n) is 3.66. The molecule has 2 aromatic rings. The largest absolute Gasteiger partial charge is 0.618 e. The number of aromatic nitrogens is 2. The summed E-state index contributed by atoms with van der Waals surface area (Å²) in [6.45, 7) is 4.17. The molecule has 0 unspecified atom stereocenters. The van der Waals surface area contributed by atoms with Gasteiger partial charge in [0.1, 0.15) is 5.52 Å². The Morgan fingerprint density at radius 2 is 2.21 bits per heavy atom. The van der Waals surface area contributed by atoms with E-state index in [1.807, 2.05) is 18.3 Å². The maximum Gasteiger partial charge on any atom is 0.242 e. The Balaban J connectivity index is 2.70. The van der Waals surface area contributed by atoms with E-state index in [2.05, 4.69) is 18.8 Å². The standard InChI is InChI=1S/C11H12N2O/c1-8(2)9-6-11-10(12-7-9)4-3-5-13(11)14/h3-8H,1-2H3. The second kappa shape index (κ2) is 3.25. The molecule has 0 saturated heterocycles. The molecule has 0 saturated carbocycles. The third-order valence-electron chi connectivity index (χ3n) is 2.30. The molecule has 0 spiro atoms. The van der Waals surface area contributed by atoms with Crippen molar-refractivity contribution in [2.45, 2.75) is 19.8 Å². The van der Waals surface area contributed by atoms with Gasteiger partial charge in [-0.3, -0.25) is 0 Å². The minimum atomic E-state index is 0.395. The zero-order chi connectivity index (χ0) is 10.1. The highest BCUT2D eigenvalue weighted by Crippen LogP contribution is 2.16. The number of hydrogen-bond donors (Lipinski definition) is 0. The highest BCUT2D eigenvalue weighted by atomic mass is 16.5. The Labute approximate surface area is 82.6 Å². The molecule has 2 heterocycles. The van der Waals surface area contributed by atoms with Gasteiger partial charge in [-0.1, -0.05) is 13.8 Å². The van der Waals surface area contributed by atoms with E-state index >= 15 is 0 Å². The molecule has 72 valence electrons. The molecule has 0 aliphatic heterocycles. The van der Waals surface area contributed by atoms with E-state index in [9.17, 15) is 5.21 Å². The maximum absolute atomic E-state index is 11.4. The van der Waals surface area contributed by atoms with Gasteiger partial charge in [0.05, 0.1) is 0 Å². The van der Waals surface area contributed by atoms with Crippen LogP contribution >= 0.6 is 0 Å². The second-order valence-corrected chi connectivity index (χ2v) is 3.66. The minimum absolute atomic E-state index is 0.395. The van der Waals surface area contributed by atoms with Gasteiger partial charge in [-0.25, -0.2) is 4.98 Å². The summed E-state index contributed by atoms with van der Waals surface area (Å²) in [4.78, 5) is 4.24. The first-order chi connectivity index (χ1) is 6.68. The van der Waals surface area contributed by atoms with Crippen molar-refractivity contribution in [3.63, 3.8) is 0 Å². The number of pyridine rings is 2. The average Bonchev–Trinajstić information content (AvgIpc) is 2.18. The van der Waals surface area contributed by atoms with Gasteiger partial charge >= 0.3 is 0 Å². The first-order valence-electron chi connectivity index (χ1n) is 4.66. The van der Waals surface area contributed by atoms with E-state index in [0.29, 0.717) is 11.4 Å². The Morgan fingerprint density at radius 1 is 1.43 bits per heavy atom. The molecule has 14 heavy (non-hydrogen) atoms. The van der Waals surface area contributed by atoms with Crippen molar-refractivity contribution < 1.29 is 4.73 Å². The van der Waals surface area contributed by atoms with Crippen LogP contribution in [0.1, 0.15) is 25.3 Å². The van der Waals surface area contributed by atoms with Crippen LogP contribution in [0.4, 0.5) is 0 Å². The normalized spacial score (nSPS) is 11.1. The first-order valence-corrected chi connectivity index (χ1v) is 4.66. The third-order valence-corrected chi connectivity index (χ3v) is 2.30. The number of fused-ring (bicyclic) bond motifs is 1. The van der Waals surface area contributed by atoms with Crippen LogP contribution in [-0.4, -0.2) is 4.98 Å². The number of rotatable bonds is 1. The van der Waals surface area contributed by atoms with E-state index in [1.165, 1.54) is 6.20 Å². The van der Waals surface area contributed by atoms with E-state index in [1.54, 1.807) is 6.07 Å². The molecule has 0 atom stereocenters. The van der Waals surface area contributed by atoms with Crippen molar-refractivity contribution in [3.05, 3.63) is 41.4 Å². The van der Waals surface area contributed by atoms with Crippen molar-refractivity contribution in [2.75, 3.05) is 0 Å². The van der Waals surface area contributed by atoms with Crippen LogP contribution in [0, 0.1) is 5.21 Å². The van der Waals surface area contributed by atoms with Gasteiger partial charge in [-0.15, -0.1) is 0 Å². The van der Waals surface area contributed by atoms with Crippen LogP contribution < -0.4 is 4.73 Å². The van der Waals surface area contributed by atoms with Gasteiger partial charge in [-0.2, -0.15) is 4.73 Å². The summed E-state index contributed by atoms with van der Waals surface area (Å²) in [5, 5.41) is 11.4. The summed E-state index contributed by atoms with van der Waals surface area (Å²) in [5.41, 5.74) is 2.47. The van der Waals surface area contributed by atoms with Crippen molar-refractivity contribution in [2.24, 2.45) is 0 Å². The minimum Gasteiger partial charge on any atom is -0.618 e. The SMILES string of the molecule is CC(C)c1cnc2ccc[n+]([O-])c2c1. The van der Waals surface area contributed by atoms with Crippen LogP contribution in [0.5, 0.6) is 0 Å². The molecule has 0 fully saturated rings. The molecule has 0 aliphatic rings. The molecule has 3 heteroatoms. The smallest absolute Gasteiger partial charge is 0.242 e. The molecule has 0 N–H and O–H groups in total. The molecule has 0 amide bonds. The van der Waals surface area contributed by atoms with Gasteiger partial charge in [-0.05, 0) is 17.5 Å². The van der Waals surface area contributed by atoms with E-state index in [0.717, 1.165) is 15.8 Å². The van der Waals surface area contributed by atoms with Crippen molar-refractivity contribution in [1.82, 2.24) is 4.98 Å². The highest BCUT2D eigenvalue weighted by molar-refractivity contribution is 5.70. The lowest BCUT2D eigenvalue weighted by molar-refractivity contribution is -0.577. The number of hydrogen-bond acceptors (Lipinski definition) is 2. The molecule has 3 nitrogen and oxygen atoms in total. The summed E-state index contributed by atoms with van der Waals surface area (Å²) in [5.74, 6) is 0.395. The zero-order valence-electron chi connectivity index (χ0n) is 8.27. The molecular formula is C11H12N2O. The fourth-order valence-corrected chi connectivity index (χ4v) is 1.39. The lowest BCUT2D eigenvalue weighted by atomic mass is 10.1. The molecule has 0 radical (unpaired) electrons. The molecule has 0 aromatic carbocycles. The summed E-state index contributed by atoms with van der Waals surface area (Å²) in [6.07, 6.45) is 3.32. The third kappa shape index (κ3) is 1.41. The lowest BCUT2D eigenvalue weighted by Crippen LogP contribution is -2.26. The van der Waals surface area contributed by atoms with Gasteiger partial charge in [0, 0.05) is 18.3 Å². The summed E-state index contributed by atoms with van der Waals surface area (Å²) >= 11 is 0. The van der Waals surface area contributed by atoms with Crippen LogP contribution in [-0.2, 0) is 0 Å². The number of nitrogens with zero attached hydrogens (tertiary/aromatic N) is 2. The summed E-state index contributed by atoms with van der Waals surface area (Å²) < 4.78 is 0.855. The lowest BCUT2D eigenvalue weighted by Gasteiger charge is -2.05. The molecule has 2 rings (SSSR count). The first kappa shape index (κ1) is 8.94. The van der Waals surface area contributed by atoms with E-state index < -0.39 is 0 Å². The van der Waals surface area contributed by atoms with Crippen molar-refractivity contribution in [1.29, 1.82) is 0 Å². The summed E-state index contributed by atoms with van der Waals surface area (Å²) in [6, 6.07) is 5.45. The van der Waals surface area contributed by atoms with Crippen LogP contribution in [0.3, 0.4) is 0 Å². The summed E-state index contributed by atoms with van der Waals surface area (Å²) in [7, 11) is 0. The average molecular weight is 188 g/mol. The zero-order valence-corrected chi connectivity index (χ0v) is 8.27. The molecular weight excluding hydrogens is 176 g/mol. The Morgan fingerprint density at radius 3 is 2.93 bits per heavy atom. The van der Waals surface area contributed by atoms with Gasteiger partial charge < -0.3 is 5.21 Å². The monoisotopic (exact) mass is 188 g/mol. The topological polar surface area (TPSA) is 39.8 Å². The molecule has 0 aliphatic carbocycles. The van der Waals surface area contributed by atoms with Crippen molar-refractivity contribution in [3.8, 4) is 0 Å². The van der Waals surface area contributed by atoms with Crippen molar-refractivity contribution >= 4 is 11.0 Å². The maximum atomic E-state index is 11.4. The molecule has 0 bridgehead atoms. The van der Waals surface area contributed by atoms with E-state index in [4.69, 9.17) is 0 Å². The van der Waals surface area contributed by atoms with Crippen LogP contribution in [0.25, 0.3) is 11.0 Å². The Bertz CT molecular complexity index is 466. The van der Waals surface area contributed by atoms with Crippen LogP contribution in [0.15, 0.2) is 30.6 Å². The highest BCUT2D eigenvalue weighted by Gasteiger charge is 2.07. The van der Waals surface area contributed by atoms with Gasteiger partial charge in [0.2, 0.25) is 5.52 Å².